The number of pyridine rings is 1. The molecule has 2 aromatic rings. The van der Waals surface area contributed by atoms with Crippen molar-refractivity contribution in [2.75, 3.05) is 11.9 Å². The number of hydrogen-bond donors (Lipinski definition) is 1. The zero-order chi connectivity index (χ0) is 12.3. The number of nitrogens with zero attached hydrogens (tertiary/aromatic N) is 4. The fourth-order valence-corrected chi connectivity index (χ4v) is 1.26. The summed E-state index contributed by atoms with van der Waals surface area (Å²) in [5, 5.41) is 12.2. The highest BCUT2D eigenvalue weighted by Gasteiger charge is 2.16. The van der Waals surface area contributed by atoms with E-state index in [0.29, 0.717) is 6.54 Å². The van der Waals surface area contributed by atoms with Crippen molar-refractivity contribution in [2.45, 2.75) is 6.54 Å². The summed E-state index contributed by atoms with van der Waals surface area (Å²) < 4.78 is 4.56. The van der Waals surface area contributed by atoms with Crippen molar-refractivity contribution in [3.8, 4) is 0 Å². The van der Waals surface area contributed by atoms with Gasteiger partial charge in [0.25, 0.3) is 5.95 Å². The lowest BCUT2D eigenvalue weighted by Gasteiger charge is -2.12. The fraction of sp³-hybridized carbons (Fsp3) is 0.200. The minimum Gasteiger partial charge on any atom is -0.474 e. The highest BCUT2D eigenvalue weighted by atomic mass is 16.5. The number of carboxylic acid groups (broad SMARTS) is 1. The van der Waals surface area contributed by atoms with Crippen LogP contribution in [0, 0.1) is 0 Å². The lowest BCUT2D eigenvalue weighted by atomic mass is 10.3. The smallest absolute Gasteiger partial charge is 0.394 e. The van der Waals surface area contributed by atoms with Crippen molar-refractivity contribution >= 4 is 11.9 Å². The summed E-state index contributed by atoms with van der Waals surface area (Å²) in [5.41, 5.74) is 0.830. The van der Waals surface area contributed by atoms with E-state index in [1.165, 1.54) is 0 Å². The van der Waals surface area contributed by atoms with Gasteiger partial charge in [-0.05, 0) is 17.3 Å². The van der Waals surface area contributed by atoms with Crippen LogP contribution in [0.25, 0.3) is 0 Å². The predicted octanol–water partition coefficient (Wildman–Crippen LogP) is 0.799. The first kappa shape index (κ1) is 11.1. The summed E-state index contributed by atoms with van der Waals surface area (Å²) >= 11 is 0. The molecule has 0 saturated carbocycles. The molecule has 2 rings (SSSR count). The zero-order valence-corrected chi connectivity index (χ0v) is 9.07. The van der Waals surface area contributed by atoms with Gasteiger partial charge in [-0.1, -0.05) is 6.07 Å². The molecule has 0 aliphatic rings. The van der Waals surface area contributed by atoms with E-state index in [2.05, 4.69) is 19.6 Å². The first-order valence-electron chi connectivity index (χ1n) is 4.85. The van der Waals surface area contributed by atoms with E-state index in [0.717, 1.165) is 5.69 Å². The number of carbonyl (C=O) groups is 1. The molecule has 88 valence electrons. The van der Waals surface area contributed by atoms with Crippen LogP contribution in [0.1, 0.15) is 16.4 Å². The SMILES string of the molecule is CN(Cc1ccccn1)c1noc(C(=O)O)n1. The minimum atomic E-state index is -1.24. The number of aromatic carboxylic acids is 1. The van der Waals surface area contributed by atoms with Gasteiger partial charge in [0.1, 0.15) is 0 Å². The summed E-state index contributed by atoms with van der Waals surface area (Å²) in [6.45, 7) is 0.472. The van der Waals surface area contributed by atoms with E-state index < -0.39 is 11.9 Å². The van der Waals surface area contributed by atoms with Gasteiger partial charge < -0.3 is 14.5 Å². The molecule has 1 N–H and O–H groups in total. The van der Waals surface area contributed by atoms with Crippen LogP contribution in [0.4, 0.5) is 5.95 Å². The molecule has 7 nitrogen and oxygen atoms in total. The summed E-state index contributed by atoms with van der Waals surface area (Å²) in [5.74, 6) is -1.45. The molecule has 0 aliphatic heterocycles. The zero-order valence-electron chi connectivity index (χ0n) is 9.07. The molecule has 0 amide bonds. The van der Waals surface area contributed by atoms with Crippen LogP contribution in [-0.4, -0.2) is 33.2 Å². The van der Waals surface area contributed by atoms with E-state index in [1.54, 1.807) is 18.1 Å². The normalized spacial score (nSPS) is 10.2. The monoisotopic (exact) mass is 234 g/mol. The second-order valence-electron chi connectivity index (χ2n) is 3.38. The molecule has 0 radical (unpaired) electrons. The van der Waals surface area contributed by atoms with E-state index in [4.69, 9.17) is 5.11 Å². The van der Waals surface area contributed by atoms with Gasteiger partial charge in [0.15, 0.2) is 0 Å². The molecule has 0 fully saturated rings. The molecular formula is C10H10N4O3. The van der Waals surface area contributed by atoms with Crippen LogP contribution >= 0.6 is 0 Å². The Morgan fingerprint density at radius 3 is 2.94 bits per heavy atom. The number of rotatable bonds is 4. The molecule has 0 atom stereocenters. The number of aromatic nitrogens is 3. The van der Waals surface area contributed by atoms with Gasteiger partial charge >= 0.3 is 11.9 Å². The first-order chi connectivity index (χ1) is 8.16. The molecule has 2 heterocycles. The van der Waals surface area contributed by atoms with Crippen molar-refractivity contribution < 1.29 is 14.4 Å². The summed E-state index contributed by atoms with van der Waals surface area (Å²) in [6.07, 6.45) is 1.68. The van der Waals surface area contributed by atoms with Gasteiger partial charge in [0.2, 0.25) is 0 Å². The number of anilines is 1. The maximum absolute atomic E-state index is 10.6. The Kier molecular flexibility index (Phi) is 2.99. The largest absolute Gasteiger partial charge is 0.474 e. The fourth-order valence-electron chi connectivity index (χ4n) is 1.26. The quantitative estimate of drug-likeness (QED) is 0.836. The Morgan fingerprint density at radius 2 is 2.35 bits per heavy atom. The van der Waals surface area contributed by atoms with Gasteiger partial charge in [-0.25, -0.2) is 4.79 Å². The van der Waals surface area contributed by atoms with Gasteiger partial charge in [-0.2, -0.15) is 4.98 Å². The number of hydrogen-bond acceptors (Lipinski definition) is 6. The van der Waals surface area contributed by atoms with Crippen molar-refractivity contribution in [1.29, 1.82) is 0 Å². The molecule has 0 bridgehead atoms. The van der Waals surface area contributed by atoms with Crippen LogP contribution in [0.2, 0.25) is 0 Å². The van der Waals surface area contributed by atoms with Gasteiger partial charge in [0, 0.05) is 13.2 Å². The number of carboxylic acids is 1. The van der Waals surface area contributed by atoms with E-state index in [-0.39, 0.29) is 5.95 Å². The third-order valence-corrected chi connectivity index (χ3v) is 2.06. The van der Waals surface area contributed by atoms with Crippen molar-refractivity contribution in [3.63, 3.8) is 0 Å². The van der Waals surface area contributed by atoms with Crippen LogP contribution in [0.15, 0.2) is 28.9 Å². The Labute approximate surface area is 96.7 Å². The van der Waals surface area contributed by atoms with Gasteiger partial charge in [-0.15, -0.1) is 0 Å². The molecule has 0 saturated heterocycles. The second-order valence-corrected chi connectivity index (χ2v) is 3.38. The van der Waals surface area contributed by atoms with Crippen LogP contribution in [-0.2, 0) is 6.54 Å². The molecule has 7 heteroatoms. The molecule has 0 unspecified atom stereocenters. The Morgan fingerprint density at radius 1 is 1.53 bits per heavy atom. The Bertz CT molecular complexity index is 511. The molecule has 0 aliphatic carbocycles. The van der Waals surface area contributed by atoms with E-state index in [9.17, 15) is 4.79 Å². The first-order valence-corrected chi connectivity index (χ1v) is 4.85. The third-order valence-electron chi connectivity index (χ3n) is 2.06. The van der Waals surface area contributed by atoms with Gasteiger partial charge in [0.05, 0.1) is 12.2 Å². The van der Waals surface area contributed by atoms with Crippen molar-refractivity contribution in [1.82, 2.24) is 15.1 Å². The average molecular weight is 234 g/mol. The third kappa shape index (κ3) is 2.57. The van der Waals surface area contributed by atoms with Crippen LogP contribution in [0.3, 0.4) is 0 Å². The predicted molar refractivity (Wildman–Crippen MR) is 57.6 cm³/mol. The van der Waals surface area contributed by atoms with Gasteiger partial charge in [-0.3, -0.25) is 4.98 Å². The summed E-state index contributed by atoms with van der Waals surface area (Å²) in [7, 11) is 1.73. The highest BCUT2D eigenvalue weighted by Crippen LogP contribution is 2.10. The highest BCUT2D eigenvalue weighted by molar-refractivity contribution is 5.82. The van der Waals surface area contributed by atoms with E-state index in [1.807, 2.05) is 18.2 Å². The maximum Gasteiger partial charge on any atom is 0.394 e. The Balaban J connectivity index is 2.09. The Hall–Kier alpha value is -2.44. The molecule has 2 aromatic heterocycles. The van der Waals surface area contributed by atoms with Crippen molar-refractivity contribution in [3.05, 3.63) is 36.0 Å². The molecular weight excluding hydrogens is 224 g/mol. The molecule has 0 aromatic carbocycles. The minimum absolute atomic E-state index is 0.216. The van der Waals surface area contributed by atoms with Crippen LogP contribution in [0.5, 0.6) is 0 Å². The summed E-state index contributed by atoms with van der Waals surface area (Å²) in [4.78, 5) is 20.1. The van der Waals surface area contributed by atoms with Crippen LogP contribution < -0.4 is 4.90 Å². The summed E-state index contributed by atoms with van der Waals surface area (Å²) in [6, 6.07) is 5.55. The molecule has 0 spiro atoms. The lowest BCUT2D eigenvalue weighted by molar-refractivity contribution is 0.0643. The lowest BCUT2D eigenvalue weighted by Crippen LogP contribution is -2.18. The average Bonchev–Trinajstić information content (AvgIpc) is 2.79. The second kappa shape index (κ2) is 4.60. The van der Waals surface area contributed by atoms with E-state index >= 15 is 0 Å². The maximum atomic E-state index is 10.6. The standard InChI is InChI=1S/C10H10N4O3/c1-14(6-7-4-2-3-5-11-7)10-12-8(9(15)16)17-13-10/h2-5H,6H2,1H3,(H,15,16). The topological polar surface area (TPSA) is 92.4 Å². The molecule has 17 heavy (non-hydrogen) atoms. The van der Waals surface area contributed by atoms with Crippen molar-refractivity contribution in [2.24, 2.45) is 0 Å².